The molecule has 0 aliphatic rings. The van der Waals surface area contributed by atoms with E-state index in [9.17, 15) is 8.42 Å². The van der Waals surface area contributed by atoms with Gasteiger partial charge in [0.15, 0.2) is 0 Å². The average molecular weight is 178 g/mol. The maximum Gasteiger partial charge on any atom is 0.240 e. The fourth-order valence-electron chi connectivity index (χ4n) is 0.544. The summed E-state index contributed by atoms with van der Waals surface area (Å²) in [6, 6.07) is 1.38. The van der Waals surface area contributed by atoms with Gasteiger partial charge in [-0.1, -0.05) is 0 Å². The van der Waals surface area contributed by atoms with Crippen molar-refractivity contribution >= 4 is 26.4 Å². The number of sulfonamides is 1. The molecule has 4 N–H and O–H groups in total. The zero-order chi connectivity index (χ0) is 7.78. The van der Waals surface area contributed by atoms with E-state index in [1.165, 1.54) is 6.07 Å². The standard InChI is InChI=1S/C4H6N2O2S2/c5-4-3(1-2-9-4)10(6,7)8/h1-2H,5H2,(H2,6,7,8). The van der Waals surface area contributed by atoms with E-state index in [1.807, 2.05) is 0 Å². The molecule has 0 fully saturated rings. The summed E-state index contributed by atoms with van der Waals surface area (Å²) in [6.45, 7) is 0. The first kappa shape index (κ1) is 7.52. The van der Waals surface area contributed by atoms with Gasteiger partial charge in [-0.25, -0.2) is 13.6 Å². The monoisotopic (exact) mass is 178 g/mol. The van der Waals surface area contributed by atoms with Gasteiger partial charge >= 0.3 is 0 Å². The zero-order valence-electron chi connectivity index (χ0n) is 4.94. The Morgan fingerprint density at radius 1 is 1.50 bits per heavy atom. The third kappa shape index (κ3) is 1.28. The van der Waals surface area contributed by atoms with Crippen molar-refractivity contribution in [3.63, 3.8) is 0 Å². The number of rotatable bonds is 1. The van der Waals surface area contributed by atoms with Crippen LogP contribution in [-0.4, -0.2) is 8.42 Å². The molecule has 0 aliphatic heterocycles. The van der Waals surface area contributed by atoms with Gasteiger partial charge < -0.3 is 5.73 Å². The van der Waals surface area contributed by atoms with Gasteiger partial charge in [0.25, 0.3) is 0 Å². The van der Waals surface area contributed by atoms with Crippen molar-refractivity contribution < 1.29 is 8.42 Å². The Morgan fingerprint density at radius 3 is 2.30 bits per heavy atom. The molecule has 0 bridgehead atoms. The van der Waals surface area contributed by atoms with Gasteiger partial charge in [0.2, 0.25) is 10.0 Å². The second kappa shape index (κ2) is 2.22. The largest absolute Gasteiger partial charge is 0.389 e. The third-order valence-electron chi connectivity index (χ3n) is 0.964. The van der Waals surface area contributed by atoms with Crippen LogP contribution in [0.3, 0.4) is 0 Å². The van der Waals surface area contributed by atoms with Crippen molar-refractivity contribution in [3.05, 3.63) is 11.4 Å². The minimum Gasteiger partial charge on any atom is -0.389 e. The van der Waals surface area contributed by atoms with E-state index in [0.717, 1.165) is 11.3 Å². The SMILES string of the molecule is Nc1sccc1S(N)(=O)=O. The van der Waals surface area contributed by atoms with E-state index in [4.69, 9.17) is 10.9 Å². The lowest BCUT2D eigenvalue weighted by molar-refractivity contribution is 0.598. The fraction of sp³-hybridized carbons (Fsp3) is 0. The second-order valence-corrected chi connectivity index (χ2v) is 4.17. The van der Waals surface area contributed by atoms with Crippen molar-refractivity contribution in [2.45, 2.75) is 4.90 Å². The van der Waals surface area contributed by atoms with Gasteiger partial charge in [-0.2, -0.15) is 0 Å². The molecule has 0 radical (unpaired) electrons. The van der Waals surface area contributed by atoms with Crippen molar-refractivity contribution in [1.29, 1.82) is 0 Å². The number of nitrogens with two attached hydrogens (primary N) is 2. The van der Waals surface area contributed by atoms with Gasteiger partial charge in [-0.3, -0.25) is 0 Å². The number of nitrogen functional groups attached to an aromatic ring is 1. The van der Waals surface area contributed by atoms with Gasteiger partial charge in [0, 0.05) is 0 Å². The maximum absolute atomic E-state index is 10.6. The van der Waals surface area contributed by atoms with E-state index in [0.29, 0.717) is 0 Å². The summed E-state index contributed by atoms with van der Waals surface area (Å²) in [5, 5.41) is 6.62. The molecule has 56 valence electrons. The van der Waals surface area contributed by atoms with E-state index in [1.54, 1.807) is 5.38 Å². The number of hydrogen-bond acceptors (Lipinski definition) is 4. The lowest BCUT2D eigenvalue weighted by Crippen LogP contribution is -2.12. The molecule has 0 amide bonds. The molecule has 4 nitrogen and oxygen atoms in total. The van der Waals surface area contributed by atoms with Crippen LogP contribution in [0, 0.1) is 0 Å². The predicted octanol–water partition coefficient (Wildman–Crippen LogP) is -0.0223. The van der Waals surface area contributed by atoms with E-state index >= 15 is 0 Å². The molecule has 0 unspecified atom stereocenters. The highest BCUT2D eigenvalue weighted by molar-refractivity contribution is 7.89. The van der Waals surface area contributed by atoms with Crippen molar-refractivity contribution in [1.82, 2.24) is 0 Å². The van der Waals surface area contributed by atoms with E-state index < -0.39 is 10.0 Å². The van der Waals surface area contributed by atoms with Crippen molar-refractivity contribution in [2.24, 2.45) is 5.14 Å². The normalized spacial score (nSPS) is 11.7. The summed E-state index contributed by atoms with van der Waals surface area (Å²) in [7, 11) is -3.60. The molecule has 0 spiro atoms. The molecule has 1 aromatic rings. The first-order valence-electron chi connectivity index (χ1n) is 2.37. The molecule has 6 heteroatoms. The summed E-state index contributed by atoms with van der Waals surface area (Å²) < 4.78 is 21.2. The van der Waals surface area contributed by atoms with Crippen molar-refractivity contribution in [3.8, 4) is 0 Å². The van der Waals surface area contributed by atoms with E-state index in [2.05, 4.69) is 0 Å². The van der Waals surface area contributed by atoms with Crippen molar-refractivity contribution in [2.75, 3.05) is 5.73 Å². The minimum absolute atomic E-state index is 0.0116. The van der Waals surface area contributed by atoms with Crippen LogP contribution in [0.1, 0.15) is 0 Å². The molecule has 0 saturated heterocycles. The summed E-state index contributed by atoms with van der Waals surface area (Å²) in [6.07, 6.45) is 0. The molecule has 1 rings (SSSR count). The van der Waals surface area contributed by atoms with Gasteiger partial charge in [0.05, 0.1) is 0 Å². The Morgan fingerprint density at radius 2 is 2.10 bits per heavy atom. The highest BCUT2D eigenvalue weighted by atomic mass is 32.2. The molecule has 0 saturated carbocycles. The van der Waals surface area contributed by atoms with Gasteiger partial charge in [0.1, 0.15) is 9.90 Å². The zero-order valence-corrected chi connectivity index (χ0v) is 6.58. The summed E-state index contributed by atoms with van der Waals surface area (Å²) in [5.41, 5.74) is 5.29. The smallest absolute Gasteiger partial charge is 0.240 e. The molecule has 0 aliphatic carbocycles. The first-order valence-corrected chi connectivity index (χ1v) is 4.80. The summed E-state index contributed by atoms with van der Waals surface area (Å²) in [5.74, 6) is 0. The van der Waals surface area contributed by atoms with Crippen LogP contribution in [0.5, 0.6) is 0 Å². The Bertz CT molecular complexity index is 327. The molecule has 1 heterocycles. The second-order valence-electron chi connectivity index (χ2n) is 1.69. The lowest BCUT2D eigenvalue weighted by Gasteiger charge is -1.92. The van der Waals surface area contributed by atoms with Crippen LogP contribution in [0.15, 0.2) is 16.3 Å². The molecular formula is C4H6N2O2S2. The topological polar surface area (TPSA) is 86.2 Å². The Balaban J connectivity index is 3.32. The number of primary sulfonamides is 1. The van der Waals surface area contributed by atoms with Crippen LogP contribution in [0.4, 0.5) is 5.00 Å². The highest BCUT2D eigenvalue weighted by Crippen LogP contribution is 2.22. The summed E-state index contributed by atoms with van der Waals surface area (Å²) in [4.78, 5) is 0.0116. The molecule has 10 heavy (non-hydrogen) atoms. The molecule has 1 aromatic heterocycles. The molecule has 0 aromatic carbocycles. The van der Waals surface area contributed by atoms with Gasteiger partial charge in [-0.05, 0) is 11.4 Å². The quantitative estimate of drug-likeness (QED) is 0.633. The van der Waals surface area contributed by atoms with Crippen LogP contribution >= 0.6 is 11.3 Å². The molecular weight excluding hydrogens is 172 g/mol. The van der Waals surface area contributed by atoms with Gasteiger partial charge in [-0.15, -0.1) is 11.3 Å². The Kier molecular flexibility index (Phi) is 1.67. The van der Waals surface area contributed by atoms with E-state index in [-0.39, 0.29) is 9.90 Å². The van der Waals surface area contributed by atoms with Crippen LogP contribution in [0.2, 0.25) is 0 Å². The van der Waals surface area contributed by atoms with Crippen LogP contribution in [0.25, 0.3) is 0 Å². The Labute approximate surface area is 62.5 Å². The third-order valence-corrected chi connectivity index (χ3v) is 2.81. The first-order chi connectivity index (χ1) is 4.52. The Hall–Kier alpha value is -0.590. The predicted molar refractivity (Wildman–Crippen MR) is 40.1 cm³/mol. The maximum atomic E-state index is 10.6. The highest BCUT2D eigenvalue weighted by Gasteiger charge is 2.11. The average Bonchev–Trinajstić information content (AvgIpc) is 2.11. The minimum atomic E-state index is -3.60. The summed E-state index contributed by atoms with van der Waals surface area (Å²) >= 11 is 1.15. The number of thiophene rings is 1. The molecule has 0 atom stereocenters. The number of anilines is 1. The lowest BCUT2D eigenvalue weighted by atomic mass is 10.6. The van der Waals surface area contributed by atoms with Crippen LogP contribution < -0.4 is 10.9 Å². The number of hydrogen-bond donors (Lipinski definition) is 2. The van der Waals surface area contributed by atoms with Crippen LogP contribution in [-0.2, 0) is 10.0 Å². The fourth-order valence-corrected chi connectivity index (χ4v) is 2.20.